The minimum absolute atomic E-state index is 0.0153. The summed E-state index contributed by atoms with van der Waals surface area (Å²) in [5.74, 6) is 0. The average Bonchev–Trinajstić information content (AvgIpc) is 2.45. The molecule has 2 rings (SSSR count). The molecule has 20 heavy (non-hydrogen) atoms. The summed E-state index contributed by atoms with van der Waals surface area (Å²) in [6, 6.07) is 6.40. The zero-order valence-corrected chi connectivity index (χ0v) is 11.5. The van der Waals surface area contributed by atoms with Crippen molar-refractivity contribution in [1.29, 1.82) is 5.26 Å². The Morgan fingerprint density at radius 1 is 1.50 bits per heavy atom. The molecule has 1 saturated heterocycles. The van der Waals surface area contributed by atoms with E-state index >= 15 is 0 Å². The Kier molecular flexibility index (Phi) is 4.20. The summed E-state index contributed by atoms with van der Waals surface area (Å²) in [6.07, 6.45) is 2.07. The standard InChI is InChI=1S/C14H18N4O2/c1-14(4-6-16-7-5-14)10-17-12-8-11(9-15)2-3-13(12)18(19)20/h2-3,8,16-17H,4-7,10H2,1H3. The first-order valence-electron chi connectivity index (χ1n) is 6.67. The Balaban J connectivity index is 2.15. The van der Waals surface area contributed by atoms with Crippen molar-refractivity contribution in [3.63, 3.8) is 0 Å². The lowest BCUT2D eigenvalue weighted by Crippen LogP contribution is -2.39. The van der Waals surface area contributed by atoms with E-state index in [4.69, 9.17) is 5.26 Å². The smallest absolute Gasteiger partial charge is 0.292 e. The van der Waals surface area contributed by atoms with Gasteiger partial charge < -0.3 is 10.6 Å². The maximum Gasteiger partial charge on any atom is 0.292 e. The van der Waals surface area contributed by atoms with Crippen LogP contribution in [0.4, 0.5) is 11.4 Å². The number of nitro groups is 1. The van der Waals surface area contributed by atoms with E-state index in [1.54, 1.807) is 6.07 Å². The number of hydrogen-bond donors (Lipinski definition) is 2. The van der Waals surface area contributed by atoms with Crippen molar-refractivity contribution >= 4 is 11.4 Å². The van der Waals surface area contributed by atoms with Crippen LogP contribution in [-0.2, 0) is 0 Å². The van der Waals surface area contributed by atoms with Gasteiger partial charge in [0.05, 0.1) is 16.6 Å². The third-order valence-electron chi connectivity index (χ3n) is 3.84. The predicted molar refractivity (Wildman–Crippen MR) is 76.5 cm³/mol. The molecule has 0 spiro atoms. The molecule has 0 amide bonds. The maximum atomic E-state index is 11.0. The molecule has 6 heteroatoms. The number of nitrogens with zero attached hydrogens (tertiary/aromatic N) is 2. The molecule has 106 valence electrons. The summed E-state index contributed by atoms with van der Waals surface area (Å²) in [5, 5.41) is 26.4. The Morgan fingerprint density at radius 2 is 2.20 bits per heavy atom. The van der Waals surface area contributed by atoms with E-state index in [1.807, 2.05) is 6.07 Å². The van der Waals surface area contributed by atoms with Crippen molar-refractivity contribution in [3.05, 3.63) is 33.9 Å². The van der Waals surface area contributed by atoms with Gasteiger partial charge in [-0.1, -0.05) is 6.92 Å². The summed E-state index contributed by atoms with van der Waals surface area (Å²) in [4.78, 5) is 10.6. The van der Waals surface area contributed by atoms with Gasteiger partial charge in [-0.2, -0.15) is 5.26 Å². The van der Waals surface area contributed by atoms with E-state index < -0.39 is 4.92 Å². The van der Waals surface area contributed by atoms with Gasteiger partial charge in [0.2, 0.25) is 0 Å². The normalized spacial score (nSPS) is 17.2. The Morgan fingerprint density at radius 3 is 2.80 bits per heavy atom. The Bertz CT molecular complexity index is 545. The lowest BCUT2D eigenvalue weighted by molar-refractivity contribution is -0.384. The number of rotatable bonds is 4. The second kappa shape index (κ2) is 5.88. The minimum atomic E-state index is -0.422. The Labute approximate surface area is 117 Å². The van der Waals surface area contributed by atoms with Gasteiger partial charge in [0.15, 0.2) is 0 Å². The molecule has 0 saturated carbocycles. The third kappa shape index (κ3) is 3.25. The van der Waals surface area contributed by atoms with Crippen molar-refractivity contribution in [2.45, 2.75) is 19.8 Å². The number of nitriles is 1. The summed E-state index contributed by atoms with van der Waals surface area (Å²) in [7, 11) is 0. The highest BCUT2D eigenvalue weighted by Gasteiger charge is 2.27. The highest BCUT2D eigenvalue weighted by atomic mass is 16.6. The lowest BCUT2D eigenvalue weighted by Gasteiger charge is -2.34. The van der Waals surface area contributed by atoms with Crippen LogP contribution in [-0.4, -0.2) is 24.6 Å². The maximum absolute atomic E-state index is 11.0. The van der Waals surface area contributed by atoms with Crippen LogP contribution in [0.5, 0.6) is 0 Å². The van der Waals surface area contributed by atoms with Gasteiger partial charge in [0, 0.05) is 12.6 Å². The van der Waals surface area contributed by atoms with Crippen molar-refractivity contribution in [2.75, 3.05) is 25.0 Å². The molecule has 2 N–H and O–H groups in total. The van der Waals surface area contributed by atoms with Crippen LogP contribution in [0.15, 0.2) is 18.2 Å². The largest absolute Gasteiger partial charge is 0.379 e. The van der Waals surface area contributed by atoms with Crippen LogP contribution in [0.1, 0.15) is 25.3 Å². The SMILES string of the molecule is CC1(CNc2cc(C#N)ccc2[N+](=O)[O-])CCNCC1. The third-order valence-corrected chi connectivity index (χ3v) is 3.84. The van der Waals surface area contributed by atoms with Crippen LogP contribution in [0.3, 0.4) is 0 Å². The number of anilines is 1. The summed E-state index contributed by atoms with van der Waals surface area (Å²) in [5.41, 5.74) is 0.991. The van der Waals surface area contributed by atoms with Gasteiger partial charge in [-0.25, -0.2) is 0 Å². The fraction of sp³-hybridized carbons (Fsp3) is 0.500. The molecular weight excluding hydrogens is 256 g/mol. The van der Waals surface area contributed by atoms with E-state index in [2.05, 4.69) is 17.6 Å². The molecule has 0 radical (unpaired) electrons. The number of hydrogen-bond acceptors (Lipinski definition) is 5. The number of piperidine rings is 1. The van der Waals surface area contributed by atoms with Crippen LogP contribution < -0.4 is 10.6 Å². The summed E-state index contributed by atoms with van der Waals surface area (Å²) >= 11 is 0. The second-order valence-electron chi connectivity index (χ2n) is 5.52. The molecule has 1 aromatic rings. The summed E-state index contributed by atoms with van der Waals surface area (Å²) in [6.45, 7) is 4.79. The first-order valence-corrected chi connectivity index (χ1v) is 6.67. The molecule has 0 unspecified atom stereocenters. The number of nitro benzene ring substituents is 1. The molecule has 1 fully saturated rings. The van der Waals surface area contributed by atoms with Gasteiger partial charge in [-0.3, -0.25) is 10.1 Å². The average molecular weight is 274 g/mol. The molecule has 1 heterocycles. The van der Waals surface area contributed by atoms with E-state index in [0.717, 1.165) is 25.9 Å². The van der Waals surface area contributed by atoms with Gasteiger partial charge in [-0.15, -0.1) is 0 Å². The van der Waals surface area contributed by atoms with Gasteiger partial charge >= 0.3 is 0 Å². The first-order chi connectivity index (χ1) is 9.54. The Hall–Kier alpha value is -2.13. The highest BCUT2D eigenvalue weighted by molar-refractivity contribution is 5.64. The number of nitrogens with one attached hydrogen (secondary N) is 2. The molecule has 1 aliphatic rings. The second-order valence-corrected chi connectivity index (χ2v) is 5.52. The predicted octanol–water partition coefficient (Wildman–Crippen LogP) is 2.27. The van der Waals surface area contributed by atoms with E-state index in [0.29, 0.717) is 17.8 Å². The molecule has 0 bridgehead atoms. The fourth-order valence-electron chi connectivity index (χ4n) is 2.42. The zero-order valence-electron chi connectivity index (χ0n) is 11.5. The zero-order chi connectivity index (χ0) is 14.6. The fourth-order valence-corrected chi connectivity index (χ4v) is 2.42. The quantitative estimate of drug-likeness (QED) is 0.649. The minimum Gasteiger partial charge on any atom is -0.379 e. The number of benzene rings is 1. The monoisotopic (exact) mass is 274 g/mol. The first kappa shape index (κ1) is 14.3. The molecule has 0 atom stereocenters. The van der Waals surface area contributed by atoms with Crippen LogP contribution in [0.2, 0.25) is 0 Å². The highest BCUT2D eigenvalue weighted by Crippen LogP contribution is 2.31. The molecule has 0 aliphatic carbocycles. The van der Waals surface area contributed by atoms with Crippen LogP contribution in [0.25, 0.3) is 0 Å². The summed E-state index contributed by atoms with van der Waals surface area (Å²) < 4.78 is 0. The van der Waals surface area contributed by atoms with Crippen molar-refractivity contribution in [2.24, 2.45) is 5.41 Å². The lowest BCUT2D eigenvalue weighted by atomic mass is 9.81. The van der Waals surface area contributed by atoms with Crippen LogP contribution in [0, 0.1) is 26.9 Å². The molecule has 6 nitrogen and oxygen atoms in total. The van der Waals surface area contributed by atoms with E-state index in [-0.39, 0.29) is 11.1 Å². The molecule has 1 aromatic carbocycles. The van der Waals surface area contributed by atoms with Crippen LogP contribution >= 0.6 is 0 Å². The van der Waals surface area contributed by atoms with Gasteiger partial charge in [-0.05, 0) is 43.5 Å². The van der Waals surface area contributed by atoms with Crippen molar-refractivity contribution in [1.82, 2.24) is 5.32 Å². The molecule has 1 aliphatic heterocycles. The van der Waals surface area contributed by atoms with Gasteiger partial charge in [0.1, 0.15) is 5.69 Å². The topological polar surface area (TPSA) is 91.0 Å². The molecule has 0 aromatic heterocycles. The van der Waals surface area contributed by atoms with Gasteiger partial charge in [0.25, 0.3) is 5.69 Å². The molecular formula is C14H18N4O2. The van der Waals surface area contributed by atoms with E-state index in [9.17, 15) is 10.1 Å². The van der Waals surface area contributed by atoms with Crippen molar-refractivity contribution < 1.29 is 4.92 Å². The van der Waals surface area contributed by atoms with E-state index in [1.165, 1.54) is 12.1 Å². The van der Waals surface area contributed by atoms with Crippen molar-refractivity contribution in [3.8, 4) is 6.07 Å².